The molecule has 0 spiro atoms. The first-order valence-electron chi connectivity index (χ1n) is 5.11. The minimum atomic E-state index is -0.622. The van der Waals surface area contributed by atoms with Crippen LogP contribution in [0.15, 0.2) is 35.7 Å². The Morgan fingerprint density at radius 1 is 1.31 bits per heavy atom. The molecule has 0 bridgehead atoms. The zero-order valence-corrected chi connectivity index (χ0v) is 10.1. The minimum Gasteiger partial charge on any atom is -0.317 e. The van der Waals surface area contributed by atoms with Crippen molar-refractivity contribution in [3.8, 4) is 0 Å². The molecule has 2 aromatic rings. The molecule has 0 fully saturated rings. The average molecular weight is 235 g/mol. The average Bonchev–Trinajstić information content (AvgIpc) is 2.75. The molecule has 1 atom stereocenters. The normalized spacial score (nSPS) is 14.8. The lowest BCUT2D eigenvalue weighted by Gasteiger charge is -2.24. The van der Waals surface area contributed by atoms with Gasteiger partial charge in [0.1, 0.15) is 5.82 Å². The van der Waals surface area contributed by atoms with Crippen LogP contribution in [-0.4, -0.2) is 0 Å². The summed E-state index contributed by atoms with van der Waals surface area (Å²) in [6.07, 6.45) is 0. The molecule has 0 amide bonds. The second-order valence-corrected chi connectivity index (χ2v) is 5.09. The summed E-state index contributed by atoms with van der Waals surface area (Å²) in [5.41, 5.74) is 7.09. The van der Waals surface area contributed by atoms with E-state index in [0.717, 1.165) is 10.4 Å². The first-order valence-corrected chi connectivity index (χ1v) is 5.99. The van der Waals surface area contributed by atoms with Gasteiger partial charge in [0.15, 0.2) is 0 Å². The van der Waals surface area contributed by atoms with Crippen molar-refractivity contribution in [2.24, 2.45) is 5.73 Å². The van der Waals surface area contributed by atoms with Crippen molar-refractivity contribution < 1.29 is 4.39 Å². The zero-order chi connectivity index (χ0) is 11.8. The number of thiophene rings is 1. The maximum Gasteiger partial charge on any atom is 0.126 e. The number of benzene rings is 1. The third-order valence-corrected chi connectivity index (χ3v) is 3.91. The maximum atomic E-state index is 13.5. The molecule has 1 unspecified atom stereocenters. The summed E-state index contributed by atoms with van der Waals surface area (Å²) in [6.45, 7) is 3.65. The molecule has 2 N–H and O–H groups in total. The molecule has 84 valence electrons. The van der Waals surface area contributed by atoms with Crippen LogP contribution in [0.2, 0.25) is 0 Å². The van der Waals surface area contributed by atoms with Crippen molar-refractivity contribution in [1.82, 2.24) is 0 Å². The van der Waals surface area contributed by atoms with Gasteiger partial charge in [-0.1, -0.05) is 18.2 Å². The van der Waals surface area contributed by atoms with Gasteiger partial charge in [0.25, 0.3) is 0 Å². The molecule has 1 aromatic carbocycles. The van der Waals surface area contributed by atoms with Crippen LogP contribution in [0, 0.1) is 12.7 Å². The van der Waals surface area contributed by atoms with Crippen molar-refractivity contribution in [3.05, 3.63) is 57.5 Å². The monoisotopic (exact) mass is 235 g/mol. The Balaban J connectivity index is 2.47. The molecule has 3 heteroatoms. The van der Waals surface area contributed by atoms with Crippen molar-refractivity contribution in [2.75, 3.05) is 0 Å². The van der Waals surface area contributed by atoms with Gasteiger partial charge in [0, 0.05) is 4.88 Å². The summed E-state index contributed by atoms with van der Waals surface area (Å²) in [7, 11) is 0. The molecule has 0 aliphatic carbocycles. The summed E-state index contributed by atoms with van der Waals surface area (Å²) in [6, 6.07) is 9.11. The number of nitrogens with two attached hydrogens (primary N) is 1. The van der Waals surface area contributed by atoms with Crippen molar-refractivity contribution >= 4 is 11.3 Å². The van der Waals surface area contributed by atoms with E-state index in [4.69, 9.17) is 5.73 Å². The molecule has 1 heterocycles. The zero-order valence-electron chi connectivity index (χ0n) is 9.33. The van der Waals surface area contributed by atoms with Gasteiger partial charge in [0.05, 0.1) is 5.54 Å². The Morgan fingerprint density at radius 2 is 2.06 bits per heavy atom. The van der Waals surface area contributed by atoms with Crippen LogP contribution >= 0.6 is 11.3 Å². The number of hydrogen-bond donors (Lipinski definition) is 1. The lowest BCUT2D eigenvalue weighted by molar-refractivity contribution is 0.585. The Bertz CT molecular complexity index is 489. The molecule has 0 aliphatic heterocycles. The third-order valence-electron chi connectivity index (χ3n) is 2.80. The van der Waals surface area contributed by atoms with Crippen LogP contribution in [0.5, 0.6) is 0 Å². The third kappa shape index (κ3) is 1.88. The highest BCUT2D eigenvalue weighted by molar-refractivity contribution is 7.10. The van der Waals surface area contributed by atoms with Crippen LogP contribution in [0.25, 0.3) is 0 Å². The second-order valence-electron chi connectivity index (χ2n) is 4.14. The van der Waals surface area contributed by atoms with Gasteiger partial charge in [0.2, 0.25) is 0 Å². The molecule has 1 nitrogen and oxygen atoms in total. The molecule has 0 radical (unpaired) electrons. The SMILES string of the molecule is Cc1ccc(C(C)(N)c2cccs2)cc1F. The van der Waals surface area contributed by atoms with Gasteiger partial charge in [-0.15, -0.1) is 11.3 Å². The first kappa shape index (κ1) is 11.3. The van der Waals surface area contributed by atoms with E-state index in [1.165, 1.54) is 6.07 Å². The topological polar surface area (TPSA) is 26.0 Å². The van der Waals surface area contributed by atoms with E-state index in [2.05, 4.69) is 0 Å². The van der Waals surface area contributed by atoms with E-state index >= 15 is 0 Å². The molecule has 0 saturated heterocycles. The molecular weight excluding hydrogens is 221 g/mol. The predicted molar refractivity (Wildman–Crippen MR) is 66.1 cm³/mol. The standard InChI is InChI=1S/C13H14FNS/c1-9-5-6-10(8-11(9)14)13(2,15)12-4-3-7-16-12/h3-8H,15H2,1-2H3. The minimum absolute atomic E-state index is 0.203. The fourth-order valence-electron chi connectivity index (χ4n) is 1.63. The highest BCUT2D eigenvalue weighted by Crippen LogP contribution is 2.30. The van der Waals surface area contributed by atoms with Gasteiger partial charge in [-0.25, -0.2) is 4.39 Å². The van der Waals surface area contributed by atoms with E-state index in [9.17, 15) is 4.39 Å². The van der Waals surface area contributed by atoms with E-state index in [1.54, 1.807) is 24.3 Å². The van der Waals surface area contributed by atoms with Crippen LogP contribution < -0.4 is 5.73 Å². The van der Waals surface area contributed by atoms with Gasteiger partial charge < -0.3 is 5.73 Å². The van der Waals surface area contributed by atoms with E-state index in [-0.39, 0.29) is 5.82 Å². The first-order chi connectivity index (χ1) is 7.51. The fraction of sp³-hybridized carbons (Fsp3) is 0.231. The van der Waals surface area contributed by atoms with Crippen molar-refractivity contribution in [2.45, 2.75) is 19.4 Å². The van der Waals surface area contributed by atoms with Crippen LogP contribution in [0.1, 0.15) is 22.9 Å². The van der Waals surface area contributed by atoms with Gasteiger partial charge >= 0.3 is 0 Å². The summed E-state index contributed by atoms with van der Waals surface area (Å²) in [5.74, 6) is -0.203. The van der Waals surface area contributed by atoms with Gasteiger partial charge in [-0.3, -0.25) is 0 Å². The highest BCUT2D eigenvalue weighted by Gasteiger charge is 2.25. The largest absolute Gasteiger partial charge is 0.317 e. The predicted octanol–water partition coefficient (Wildman–Crippen LogP) is 3.42. The van der Waals surface area contributed by atoms with Crippen molar-refractivity contribution in [3.63, 3.8) is 0 Å². The lowest BCUT2D eigenvalue weighted by atomic mass is 9.91. The van der Waals surface area contributed by atoms with Gasteiger partial charge in [-0.05, 0) is 42.5 Å². The lowest BCUT2D eigenvalue weighted by Crippen LogP contribution is -2.33. The molecule has 16 heavy (non-hydrogen) atoms. The molecule has 0 saturated carbocycles. The van der Waals surface area contributed by atoms with Crippen LogP contribution in [0.4, 0.5) is 4.39 Å². The van der Waals surface area contributed by atoms with Crippen LogP contribution in [-0.2, 0) is 5.54 Å². The molecular formula is C13H14FNS. The summed E-state index contributed by atoms with van der Waals surface area (Å²) < 4.78 is 13.5. The summed E-state index contributed by atoms with van der Waals surface area (Å²) in [5, 5.41) is 1.98. The van der Waals surface area contributed by atoms with E-state index < -0.39 is 5.54 Å². The van der Waals surface area contributed by atoms with Gasteiger partial charge in [-0.2, -0.15) is 0 Å². The smallest absolute Gasteiger partial charge is 0.126 e. The molecule has 1 aromatic heterocycles. The maximum absolute atomic E-state index is 13.5. The number of hydrogen-bond acceptors (Lipinski definition) is 2. The van der Waals surface area contributed by atoms with Crippen LogP contribution in [0.3, 0.4) is 0 Å². The molecule has 2 rings (SSSR count). The quantitative estimate of drug-likeness (QED) is 0.848. The number of halogens is 1. The summed E-state index contributed by atoms with van der Waals surface area (Å²) >= 11 is 1.59. The fourth-order valence-corrected chi connectivity index (χ4v) is 2.46. The Hall–Kier alpha value is -1.19. The van der Waals surface area contributed by atoms with E-state index in [1.807, 2.05) is 30.5 Å². The number of rotatable bonds is 2. The highest BCUT2D eigenvalue weighted by atomic mass is 32.1. The Labute approximate surface area is 98.7 Å². The second kappa shape index (κ2) is 4.00. The molecule has 0 aliphatic rings. The Kier molecular flexibility index (Phi) is 2.82. The van der Waals surface area contributed by atoms with E-state index in [0.29, 0.717) is 5.56 Å². The van der Waals surface area contributed by atoms with Crippen molar-refractivity contribution in [1.29, 1.82) is 0 Å². The Morgan fingerprint density at radius 3 is 2.62 bits per heavy atom. The summed E-state index contributed by atoms with van der Waals surface area (Å²) in [4.78, 5) is 1.04. The number of aryl methyl sites for hydroxylation is 1.